The van der Waals surface area contributed by atoms with E-state index in [9.17, 15) is 29.1 Å². The van der Waals surface area contributed by atoms with Crippen LogP contribution in [0.4, 0.5) is 0 Å². The minimum Gasteiger partial charge on any atom is -0.481 e. The zero-order chi connectivity index (χ0) is 48.6. The number of likely N-dealkylation sites (tertiary alicyclic amines) is 1. The molecule has 0 bridgehead atoms. The summed E-state index contributed by atoms with van der Waals surface area (Å²) in [6.07, 6.45) is 6.64. The molecule has 2 amide bonds. The first-order chi connectivity index (χ1) is 31.6. The van der Waals surface area contributed by atoms with Gasteiger partial charge in [-0.25, -0.2) is 4.98 Å². The Morgan fingerprint density at radius 3 is 2.29 bits per heavy atom. The summed E-state index contributed by atoms with van der Waals surface area (Å²) in [5, 5.41) is 15.1. The molecule has 4 N–H and O–H groups in total. The molecule has 0 saturated carbocycles. The van der Waals surface area contributed by atoms with Crippen LogP contribution in [0.25, 0.3) is 0 Å². The van der Waals surface area contributed by atoms with E-state index < -0.39 is 35.9 Å². The maximum atomic E-state index is 14.8. The second-order valence-corrected chi connectivity index (χ2v) is 19.1. The van der Waals surface area contributed by atoms with Gasteiger partial charge < -0.3 is 40.0 Å². The van der Waals surface area contributed by atoms with E-state index in [1.165, 1.54) is 11.3 Å². The van der Waals surface area contributed by atoms with Gasteiger partial charge in [0.15, 0.2) is 5.78 Å². The van der Waals surface area contributed by atoms with E-state index in [4.69, 9.17) is 29.7 Å². The fourth-order valence-corrected chi connectivity index (χ4v) is 9.29. The van der Waals surface area contributed by atoms with Crippen molar-refractivity contribution < 1.29 is 48.0 Å². The van der Waals surface area contributed by atoms with E-state index in [1.807, 2.05) is 18.9 Å². The standard InChI is InChI=1S/C50H81N5O10S/c1-9-22-55(49(59)40(35(6)11-3)31-44(56)42-15-12-13-23-54(42)8)43(34(4)5)32-45(64-24-10-2)48-53-41(33-66-48)47(58)52-38(29-36(7)50(60)61)30-37-17-19-39(20-18-37)65-46(57)16-14-25-62-27-28-63-26-21-51/h17-20,33-36,38,40,42-43,45H,9-16,21-32,51H2,1-8H3,(H,52,58)(H,60,61)/t35-,36-,38+,40-,42+,43+,45+/m0/s1. The fourth-order valence-electron chi connectivity index (χ4n) is 8.43. The second kappa shape index (κ2) is 30.6. The number of carbonyl (C=O) groups excluding carboxylic acids is 4. The number of carbonyl (C=O) groups is 5. The third kappa shape index (κ3) is 19.1. The van der Waals surface area contributed by atoms with Crippen molar-refractivity contribution in [3.63, 3.8) is 0 Å². The molecule has 1 saturated heterocycles. The Kier molecular flexibility index (Phi) is 26.2. The number of aromatic nitrogens is 1. The van der Waals surface area contributed by atoms with Crippen molar-refractivity contribution >= 4 is 40.9 Å². The number of carboxylic acids is 1. The van der Waals surface area contributed by atoms with Gasteiger partial charge in [-0.15, -0.1) is 11.3 Å². The van der Waals surface area contributed by atoms with Crippen LogP contribution in [0.3, 0.4) is 0 Å². The average Bonchev–Trinajstić information content (AvgIpc) is 3.79. The van der Waals surface area contributed by atoms with Crippen LogP contribution in [0.15, 0.2) is 29.6 Å². The number of benzene rings is 1. The molecule has 1 aromatic heterocycles. The van der Waals surface area contributed by atoms with Crippen LogP contribution >= 0.6 is 11.3 Å². The molecule has 0 radical (unpaired) electrons. The summed E-state index contributed by atoms with van der Waals surface area (Å²) in [4.78, 5) is 75.8. The normalized spacial score (nSPS) is 17.1. The highest BCUT2D eigenvalue weighted by molar-refractivity contribution is 7.09. The quantitative estimate of drug-likeness (QED) is 0.0361. The van der Waals surface area contributed by atoms with Crippen LogP contribution in [-0.2, 0) is 39.8 Å². The van der Waals surface area contributed by atoms with Crippen molar-refractivity contribution in [3.05, 3.63) is 45.9 Å². The van der Waals surface area contributed by atoms with Crippen LogP contribution in [0, 0.1) is 23.7 Å². The van der Waals surface area contributed by atoms with E-state index in [1.54, 1.807) is 36.6 Å². The Morgan fingerprint density at radius 1 is 0.955 bits per heavy atom. The highest BCUT2D eigenvalue weighted by atomic mass is 32.1. The number of ether oxygens (including phenoxy) is 4. The lowest BCUT2D eigenvalue weighted by Crippen LogP contribution is -2.50. The number of ketones is 1. The van der Waals surface area contributed by atoms with E-state index in [2.05, 4.69) is 44.8 Å². The summed E-state index contributed by atoms with van der Waals surface area (Å²) in [6.45, 7) is 18.2. The highest BCUT2D eigenvalue weighted by Crippen LogP contribution is 2.34. The van der Waals surface area contributed by atoms with Gasteiger partial charge in [-0.1, -0.05) is 73.4 Å². The topological polar surface area (TPSA) is 200 Å². The van der Waals surface area contributed by atoms with Gasteiger partial charge in [0, 0.05) is 68.9 Å². The third-order valence-electron chi connectivity index (χ3n) is 12.5. The van der Waals surface area contributed by atoms with Crippen molar-refractivity contribution in [2.24, 2.45) is 29.4 Å². The molecular formula is C50H81N5O10S. The number of hydrogen-bond donors (Lipinski definition) is 3. The van der Waals surface area contributed by atoms with Crippen molar-refractivity contribution in [2.45, 2.75) is 150 Å². The lowest BCUT2D eigenvalue weighted by Gasteiger charge is -2.40. The maximum absolute atomic E-state index is 14.8. The number of thiazole rings is 1. The monoisotopic (exact) mass is 944 g/mol. The summed E-state index contributed by atoms with van der Waals surface area (Å²) in [5.74, 6) is -2.31. The molecule has 7 atom stereocenters. The number of nitrogens with zero attached hydrogens (tertiary/aromatic N) is 3. The zero-order valence-corrected chi connectivity index (χ0v) is 41.9. The van der Waals surface area contributed by atoms with E-state index in [0.29, 0.717) is 76.1 Å². The van der Waals surface area contributed by atoms with Gasteiger partial charge in [0.25, 0.3) is 5.91 Å². The van der Waals surface area contributed by atoms with Gasteiger partial charge >= 0.3 is 11.9 Å². The number of likely N-dealkylation sites (N-methyl/N-ethyl adjacent to an activating group) is 1. The summed E-state index contributed by atoms with van der Waals surface area (Å²) < 4.78 is 22.7. The van der Waals surface area contributed by atoms with Crippen LogP contribution in [0.5, 0.6) is 5.75 Å². The number of nitrogens with one attached hydrogen (secondary N) is 1. The molecule has 66 heavy (non-hydrogen) atoms. The summed E-state index contributed by atoms with van der Waals surface area (Å²) >= 11 is 1.33. The lowest BCUT2D eigenvalue weighted by atomic mass is 9.82. The minimum atomic E-state index is -0.970. The van der Waals surface area contributed by atoms with Crippen molar-refractivity contribution in [1.29, 1.82) is 0 Å². The summed E-state index contributed by atoms with van der Waals surface area (Å²) in [5.41, 5.74) is 6.42. The predicted molar refractivity (Wildman–Crippen MR) is 258 cm³/mol. The summed E-state index contributed by atoms with van der Waals surface area (Å²) in [6, 6.07) is 6.05. The Morgan fingerprint density at radius 2 is 1.67 bits per heavy atom. The highest BCUT2D eigenvalue weighted by Gasteiger charge is 2.38. The Hall–Kier alpha value is -3.80. The van der Waals surface area contributed by atoms with E-state index in [0.717, 1.165) is 50.6 Å². The largest absolute Gasteiger partial charge is 0.481 e. The molecule has 2 heterocycles. The number of esters is 1. The molecule has 1 fully saturated rings. The SMILES string of the molecule is CCCO[C@H](C[C@H](C(C)C)N(CCC)C(=O)[C@@H](CC(=O)[C@H]1CCCCN1C)[C@@H](C)CC)c1nc(C(=O)N[C@@H](Cc2ccc(OC(=O)CCCOCCOCCN)cc2)C[C@H](C)C(=O)O)cs1. The number of Topliss-reactive ketones (excluding diaryl/α,β-unsaturated/α-hetero) is 1. The van der Waals surface area contributed by atoms with Gasteiger partial charge in [-0.3, -0.25) is 28.9 Å². The van der Waals surface area contributed by atoms with Crippen molar-refractivity contribution in [1.82, 2.24) is 20.1 Å². The first kappa shape index (κ1) is 56.5. The Labute approximate surface area is 398 Å². The molecule has 372 valence electrons. The first-order valence-corrected chi connectivity index (χ1v) is 25.3. The Bertz CT molecular complexity index is 1760. The molecule has 0 spiro atoms. The van der Waals surface area contributed by atoms with Crippen LogP contribution in [0.1, 0.15) is 146 Å². The van der Waals surface area contributed by atoms with Crippen LogP contribution in [0.2, 0.25) is 0 Å². The van der Waals surface area contributed by atoms with E-state index >= 15 is 0 Å². The maximum Gasteiger partial charge on any atom is 0.311 e. The first-order valence-electron chi connectivity index (χ1n) is 24.4. The average molecular weight is 944 g/mol. The molecule has 0 unspecified atom stereocenters. The third-order valence-corrected chi connectivity index (χ3v) is 13.4. The molecule has 16 heteroatoms. The molecule has 3 rings (SSSR count). The smallest absolute Gasteiger partial charge is 0.311 e. The van der Waals surface area contributed by atoms with E-state index in [-0.39, 0.29) is 66.5 Å². The molecule has 2 aromatic rings. The number of carboxylic acid groups (broad SMARTS) is 1. The Balaban J connectivity index is 1.75. The molecule has 1 aromatic carbocycles. The molecule has 15 nitrogen and oxygen atoms in total. The number of hydrogen-bond acceptors (Lipinski definition) is 13. The summed E-state index contributed by atoms with van der Waals surface area (Å²) in [7, 11) is 2.01. The molecule has 1 aliphatic rings. The predicted octanol–water partition coefficient (Wildman–Crippen LogP) is 7.50. The molecular weight excluding hydrogens is 863 g/mol. The van der Waals surface area contributed by atoms with Gasteiger partial charge in [-0.05, 0) is 88.1 Å². The van der Waals surface area contributed by atoms with Gasteiger partial charge in [0.05, 0.1) is 31.8 Å². The van der Waals surface area contributed by atoms with Gasteiger partial charge in [0.1, 0.15) is 22.6 Å². The van der Waals surface area contributed by atoms with Crippen LogP contribution < -0.4 is 15.8 Å². The minimum absolute atomic E-state index is 0.0147. The number of nitrogens with two attached hydrogens (primary N) is 1. The fraction of sp³-hybridized carbons (Fsp3) is 0.720. The van der Waals surface area contributed by atoms with Crippen molar-refractivity contribution in [2.75, 3.05) is 59.7 Å². The lowest BCUT2D eigenvalue weighted by molar-refractivity contribution is -0.145. The number of piperidine rings is 1. The second-order valence-electron chi connectivity index (χ2n) is 18.2. The van der Waals surface area contributed by atoms with Gasteiger partial charge in [-0.2, -0.15) is 0 Å². The number of amides is 2. The number of rotatable bonds is 33. The van der Waals surface area contributed by atoms with Crippen molar-refractivity contribution in [3.8, 4) is 5.75 Å². The van der Waals surface area contributed by atoms with Gasteiger partial charge in [0.2, 0.25) is 5.91 Å². The zero-order valence-electron chi connectivity index (χ0n) is 41.1. The van der Waals surface area contributed by atoms with Crippen LogP contribution in [-0.4, -0.2) is 127 Å². The number of aliphatic carboxylic acids is 1. The molecule has 0 aliphatic carbocycles. The molecule has 1 aliphatic heterocycles.